The minimum absolute atomic E-state index is 0.0985. The number of esters is 1. The SMILES string of the molecule is CCCNC(=O)CN(C)C(=O)COC(=O)/C=C/c1ccc(OC)c(F)c1. The predicted octanol–water partition coefficient (Wildman–Crippen LogP) is 1.38. The molecule has 142 valence electrons. The number of rotatable bonds is 9. The fraction of sp³-hybridized carbons (Fsp3) is 0.389. The second-order valence-electron chi connectivity index (χ2n) is 5.43. The van der Waals surface area contributed by atoms with Crippen LogP contribution in [0.3, 0.4) is 0 Å². The number of benzene rings is 1. The van der Waals surface area contributed by atoms with Gasteiger partial charge in [0.05, 0.1) is 13.7 Å². The van der Waals surface area contributed by atoms with Crippen molar-refractivity contribution in [1.82, 2.24) is 10.2 Å². The van der Waals surface area contributed by atoms with Crippen molar-refractivity contribution in [2.24, 2.45) is 0 Å². The number of halogens is 1. The summed E-state index contributed by atoms with van der Waals surface area (Å²) in [4.78, 5) is 36.2. The number of nitrogens with zero attached hydrogens (tertiary/aromatic N) is 1. The Hall–Kier alpha value is -2.90. The van der Waals surface area contributed by atoms with Gasteiger partial charge in [-0.15, -0.1) is 0 Å². The first kappa shape index (κ1) is 21.1. The fourth-order valence-corrected chi connectivity index (χ4v) is 1.87. The Morgan fingerprint density at radius 2 is 2.04 bits per heavy atom. The number of ether oxygens (including phenoxy) is 2. The van der Waals surface area contributed by atoms with Crippen LogP contribution < -0.4 is 10.1 Å². The Labute approximate surface area is 151 Å². The molecule has 0 radical (unpaired) electrons. The molecule has 0 heterocycles. The van der Waals surface area contributed by atoms with Crippen molar-refractivity contribution >= 4 is 23.9 Å². The van der Waals surface area contributed by atoms with Crippen LogP contribution in [0.5, 0.6) is 5.75 Å². The molecule has 8 heteroatoms. The van der Waals surface area contributed by atoms with E-state index in [9.17, 15) is 18.8 Å². The van der Waals surface area contributed by atoms with Crippen molar-refractivity contribution in [3.05, 3.63) is 35.7 Å². The maximum absolute atomic E-state index is 13.5. The summed E-state index contributed by atoms with van der Waals surface area (Å²) in [5.41, 5.74) is 0.441. The van der Waals surface area contributed by atoms with E-state index in [1.54, 1.807) is 6.07 Å². The van der Waals surface area contributed by atoms with Crippen molar-refractivity contribution in [2.45, 2.75) is 13.3 Å². The van der Waals surface area contributed by atoms with Crippen LogP contribution in [-0.4, -0.2) is 56.5 Å². The summed E-state index contributed by atoms with van der Waals surface area (Å²) in [5.74, 6) is -2.00. The molecule has 0 bridgehead atoms. The summed E-state index contributed by atoms with van der Waals surface area (Å²) in [6.07, 6.45) is 3.24. The molecule has 1 aromatic carbocycles. The highest BCUT2D eigenvalue weighted by molar-refractivity contribution is 5.90. The van der Waals surface area contributed by atoms with E-state index in [2.05, 4.69) is 5.32 Å². The molecule has 0 saturated carbocycles. The zero-order valence-corrected chi connectivity index (χ0v) is 15.1. The Kier molecular flexibility index (Phi) is 8.83. The predicted molar refractivity (Wildman–Crippen MR) is 93.9 cm³/mol. The van der Waals surface area contributed by atoms with E-state index in [-0.39, 0.29) is 18.2 Å². The molecule has 0 aliphatic rings. The lowest BCUT2D eigenvalue weighted by atomic mass is 10.2. The van der Waals surface area contributed by atoms with E-state index in [0.29, 0.717) is 12.1 Å². The van der Waals surface area contributed by atoms with E-state index < -0.39 is 24.3 Å². The lowest BCUT2D eigenvalue weighted by Gasteiger charge is -2.16. The molecule has 0 aliphatic heterocycles. The third-order valence-electron chi connectivity index (χ3n) is 3.30. The standard InChI is InChI=1S/C18H23FN2O5/c1-4-9-20-16(22)11-21(2)17(23)12-26-18(24)8-6-13-5-7-15(25-3)14(19)10-13/h5-8,10H,4,9,11-12H2,1-3H3,(H,20,22)/b8-6+. The molecule has 0 aromatic heterocycles. The number of hydrogen-bond donors (Lipinski definition) is 1. The summed E-state index contributed by atoms with van der Waals surface area (Å²) in [7, 11) is 2.80. The van der Waals surface area contributed by atoms with Gasteiger partial charge < -0.3 is 19.7 Å². The van der Waals surface area contributed by atoms with Gasteiger partial charge in [-0.1, -0.05) is 13.0 Å². The molecule has 0 unspecified atom stereocenters. The van der Waals surface area contributed by atoms with E-state index >= 15 is 0 Å². The molecule has 0 fully saturated rings. The third-order valence-corrected chi connectivity index (χ3v) is 3.30. The summed E-state index contributed by atoms with van der Waals surface area (Å²) < 4.78 is 23.2. The zero-order valence-electron chi connectivity index (χ0n) is 15.1. The van der Waals surface area contributed by atoms with Crippen LogP contribution in [0.2, 0.25) is 0 Å². The number of carbonyl (C=O) groups excluding carboxylic acids is 3. The number of methoxy groups -OCH3 is 1. The van der Waals surface area contributed by atoms with Crippen LogP contribution in [0, 0.1) is 5.82 Å². The van der Waals surface area contributed by atoms with E-state index in [4.69, 9.17) is 9.47 Å². The third kappa shape index (κ3) is 7.33. The minimum atomic E-state index is -0.751. The van der Waals surface area contributed by atoms with Crippen molar-refractivity contribution in [3.63, 3.8) is 0 Å². The highest BCUT2D eigenvalue weighted by Gasteiger charge is 2.14. The first-order valence-corrected chi connectivity index (χ1v) is 8.06. The molecule has 0 aliphatic carbocycles. The van der Waals surface area contributed by atoms with Crippen LogP contribution in [0.4, 0.5) is 4.39 Å². The smallest absolute Gasteiger partial charge is 0.331 e. The van der Waals surface area contributed by atoms with Gasteiger partial charge in [0.15, 0.2) is 18.2 Å². The first-order chi connectivity index (χ1) is 12.4. The van der Waals surface area contributed by atoms with Crippen molar-refractivity contribution < 1.29 is 28.2 Å². The van der Waals surface area contributed by atoms with Gasteiger partial charge in [0, 0.05) is 19.7 Å². The molecule has 26 heavy (non-hydrogen) atoms. The van der Waals surface area contributed by atoms with Crippen molar-refractivity contribution in [2.75, 3.05) is 33.9 Å². The quantitative estimate of drug-likeness (QED) is 0.527. The zero-order chi connectivity index (χ0) is 19.5. The Morgan fingerprint density at radius 1 is 1.31 bits per heavy atom. The van der Waals surface area contributed by atoms with Crippen molar-refractivity contribution in [1.29, 1.82) is 0 Å². The maximum Gasteiger partial charge on any atom is 0.331 e. The van der Waals surface area contributed by atoms with E-state index in [0.717, 1.165) is 12.5 Å². The Morgan fingerprint density at radius 3 is 2.65 bits per heavy atom. The number of nitrogens with one attached hydrogen (secondary N) is 1. The van der Waals surface area contributed by atoms with Gasteiger partial charge in [0.25, 0.3) is 5.91 Å². The Balaban J connectivity index is 2.44. The number of likely N-dealkylation sites (N-methyl/N-ethyl adjacent to an activating group) is 1. The monoisotopic (exact) mass is 366 g/mol. The van der Waals surface area contributed by atoms with Gasteiger partial charge in [-0.3, -0.25) is 9.59 Å². The average Bonchev–Trinajstić information content (AvgIpc) is 2.62. The molecule has 0 spiro atoms. The summed E-state index contributed by atoms with van der Waals surface area (Å²) >= 11 is 0. The molecule has 2 amide bonds. The van der Waals surface area contributed by atoms with Gasteiger partial charge >= 0.3 is 5.97 Å². The largest absolute Gasteiger partial charge is 0.494 e. The fourth-order valence-electron chi connectivity index (χ4n) is 1.87. The second-order valence-corrected chi connectivity index (χ2v) is 5.43. The van der Waals surface area contributed by atoms with E-state index in [1.165, 1.54) is 37.3 Å². The lowest BCUT2D eigenvalue weighted by molar-refractivity contribution is -0.148. The maximum atomic E-state index is 13.5. The molecular formula is C18H23FN2O5. The van der Waals surface area contributed by atoms with Crippen LogP contribution in [0.25, 0.3) is 6.08 Å². The second kappa shape index (κ2) is 10.9. The normalized spacial score (nSPS) is 10.5. The van der Waals surface area contributed by atoms with Crippen molar-refractivity contribution in [3.8, 4) is 5.75 Å². The minimum Gasteiger partial charge on any atom is -0.494 e. The molecule has 0 saturated heterocycles. The van der Waals surface area contributed by atoms with Crippen LogP contribution >= 0.6 is 0 Å². The van der Waals surface area contributed by atoms with Gasteiger partial charge in [-0.2, -0.15) is 0 Å². The number of hydrogen-bond acceptors (Lipinski definition) is 5. The topological polar surface area (TPSA) is 84.9 Å². The molecule has 7 nitrogen and oxygen atoms in total. The van der Waals surface area contributed by atoms with Crippen LogP contribution in [-0.2, 0) is 19.1 Å². The molecule has 1 aromatic rings. The van der Waals surface area contributed by atoms with Gasteiger partial charge in [0.1, 0.15) is 0 Å². The highest BCUT2D eigenvalue weighted by atomic mass is 19.1. The summed E-state index contributed by atoms with van der Waals surface area (Å²) in [6, 6.07) is 4.21. The molecule has 1 rings (SSSR count). The first-order valence-electron chi connectivity index (χ1n) is 8.06. The summed E-state index contributed by atoms with van der Waals surface area (Å²) in [6.45, 7) is 1.85. The number of amides is 2. The lowest BCUT2D eigenvalue weighted by Crippen LogP contribution is -2.40. The number of carbonyl (C=O) groups is 3. The van der Waals surface area contributed by atoms with Crippen LogP contribution in [0.15, 0.2) is 24.3 Å². The molecule has 0 atom stereocenters. The van der Waals surface area contributed by atoms with Gasteiger partial charge in [0.2, 0.25) is 5.91 Å². The molecular weight excluding hydrogens is 343 g/mol. The van der Waals surface area contributed by atoms with Gasteiger partial charge in [-0.25, -0.2) is 9.18 Å². The molecule has 1 N–H and O–H groups in total. The Bertz CT molecular complexity index is 676. The van der Waals surface area contributed by atoms with E-state index in [1.807, 2.05) is 6.92 Å². The summed E-state index contributed by atoms with van der Waals surface area (Å²) in [5, 5.41) is 2.64. The van der Waals surface area contributed by atoms with Gasteiger partial charge in [-0.05, 0) is 30.2 Å². The highest BCUT2D eigenvalue weighted by Crippen LogP contribution is 2.18. The average molecular weight is 366 g/mol. The van der Waals surface area contributed by atoms with Crippen LogP contribution in [0.1, 0.15) is 18.9 Å².